The number of amides is 2. The largest absolute Gasteiger partial charge is 0.352 e. The van der Waals surface area contributed by atoms with Crippen LogP contribution < -0.4 is 10.6 Å². The molecule has 2 aromatic rings. The number of hydrogen-bond donors (Lipinski definition) is 2. The molecule has 0 heterocycles. The van der Waals surface area contributed by atoms with Crippen molar-refractivity contribution in [3.05, 3.63) is 64.6 Å². The van der Waals surface area contributed by atoms with Gasteiger partial charge in [0.2, 0.25) is 21.8 Å². The first kappa shape index (κ1) is 22.5. The van der Waals surface area contributed by atoms with Gasteiger partial charge in [-0.05, 0) is 42.7 Å². The lowest BCUT2D eigenvalue weighted by Gasteiger charge is -2.21. The van der Waals surface area contributed by atoms with E-state index in [2.05, 4.69) is 26.6 Å². The highest BCUT2D eigenvalue weighted by Crippen LogP contribution is 2.19. The lowest BCUT2D eigenvalue weighted by Crippen LogP contribution is -2.51. The molecule has 0 spiro atoms. The van der Waals surface area contributed by atoms with E-state index in [9.17, 15) is 18.0 Å². The standard InChI is InChI=1S/C21H24BrN3O4S/c1-25(30(28,29)18-11-7-16(22)8-12-18)14-20(26)24-19(21(27)23-17-9-10-17)13-15-5-3-2-4-6-15/h2-8,11-12,17,19H,9-10,13-14H2,1H3,(H,23,27)(H,24,26). The maximum absolute atomic E-state index is 12.7. The molecule has 2 aromatic carbocycles. The summed E-state index contributed by atoms with van der Waals surface area (Å²) in [4.78, 5) is 25.3. The molecule has 2 N–H and O–H groups in total. The second-order valence-electron chi connectivity index (χ2n) is 7.31. The summed E-state index contributed by atoms with van der Waals surface area (Å²) >= 11 is 3.27. The molecule has 2 amide bonds. The van der Waals surface area contributed by atoms with E-state index in [-0.39, 0.29) is 23.4 Å². The van der Waals surface area contributed by atoms with E-state index in [1.165, 1.54) is 19.2 Å². The Morgan fingerprint density at radius 3 is 2.33 bits per heavy atom. The van der Waals surface area contributed by atoms with Gasteiger partial charge in [0.15, 0.2) is 0 Å². The van der Waals surface area contributed by atoms with Gasteiger partial charge in [0.05, 0.1) is 11.4 Å². The number of likely N-dealkylation sites (N-methyl/N-ethyl adjacent to an activating group) is 1. The molecule has 1 atom stereocenters. The quantitative estimate of drug-likeness (QED) is 0.558. The molecule has 0 bridgehead atoms. The molecule has 30 heavy (non-hydrogen) atoms. The Kier molecular flexibility index (Phi) is 7.27. The highest BCUT2D eigenvalue weighted by molar-refractivity contribution is 9.10. The molecule has 0 radical (unpaired) electrons. The highest BCUT2D eigenvalue weighted by atomic mass is 79.9. The van der Waals surface area contributed by atoms with Gasteiger partial charge in [-0.25, -0.2) is 8.42 Å². The smallest absolute Gasteiger partial charge is 0.243 e. The summed E-state index contributed by atoms with van der Waals surface area (Å²) in [5.41, 5.74) is 0.907. The molecule has 3 rings (SSSR count). The molecular formula is C21H24BrN3O4S. The van der Waals surface area contributed by atoms with Gasteiger partial charge < -0.3 is 10.6 Å². The molecule has 1 aliphatic carbocycles. The summed E-state index contributed by atoms with van der Waals surface area (Å²) in [5, 5.41) is 5.60. The maximum Gasteiger partial charge on any atom is 0.243 e. The van der Waals surface area contributed by atoms with Crippen molar-refractivity contribution in [1.82, 2.24) is 14.9 Å². The lowest BCUT2D eigenvalue weighted by atomic mass is 10.1. The number of carbonyl (C=O) groups excluding carboxylic acids is 2. The number of hydrogen-bond acceptors (Lipinski definition) is 4. The lowest BCUT2D eigenvalue weighted by molar-refractivity contribution is -0.129. The summed E-state index contributed by atoms with van der Waals surface area (Å²) in [7, 11) is -2.48. The minimum absolute atomic E-state index is 0.0910. The van der Waals surface area contributed by atoms with Crippen LogP contribution in [0.25, 0.3) is 0 Å². The molecule has 9 heteroatoms. The van der Waals surface area contributed by atoms with Crippen molar-refractivity contribution in [3.63, 3.8) is 0 Å². The van der Waals surface area contributed by atoms with E-state index in [4.69, 9.17) is 0 Å². The van der Waals surface area contributed by atoms with Gasteiger partial charge in [-0.15, -0.1) is 0 Å². The average Bonchev–Trinajstić information content (AvgIpc) is 3.52. The fourth-order valence-electron chi connectivity index (χ4n) is 2.90. The molecule has 160 valence electrons. The van der Waals surface area contributed by atoms with Gasteiger partial charge in [0.1, 0.15) is 6.04 Å². The highest BCUT2D eigenvalue weighted by Gasteiger charge is 2.30. The number of carbonyl (C=O) groups is 2. The molecule has 1 unspecified atom stereocenters. The Hall–Kier alpha value is -2.23. The molecular weight excluding hydrogens is 470 g/mol. The van der Waals surface area contributed by atoms with Crippen LogP contribution in [-0.2, 0) is 26.0 Å². The van der Waals surface area contributed by atoms with Crippen molar-refractivity contribution >= 4 is 37.8 Å². The predicted molar refractivity (Wildman–Crippen MR) is 117 cm³/mol. The van der Waals surface area contributed by atoms with E-state index in [1.54, 1.807) is 12.1 Å². The second-order valence-corrected chi connectivity index (χ2v) is 10.3. The predicted octanol–water partition coefficient (Wildman–Crippen LogP) is 2.08. The molecule has 7 nitrogen and oxygen atoms in total. The minimum Gasteiger partial charge on any atom is -0.352 e. The normalized spacial score (nSPS) is 14.9. The monoisotopic (exact) mass is 493 g/mol. The first-order valence-corrected chi connectivity index (χ1v) is 11.8. The fraction of sp³-hybridized carbons (Fsp3) is 0.333. The number of sulfonamides is 1. The summed E-state index contributed by atoms with van der Waals surface area (Å²) < 4.78 is 27.1. The van der Waals surface area contributed by atoms with Crippen LogP contribution in [0.1, 0.15) is 18.4 Å². The van der Waals surface area contributed by atoms with Crippen molar-refractivity contribution in [3.8, 4) is 0 Å². The van der Waals surface area contributed by atoms with Gasteiger partial charge >= 0.3 is 0 Å². The van der Waals surface area contributed by atoms with E-state index < -0.39 is 22.0 Å². The maximum atomic E-state index is 12.7. The van der Waals surface area contributed by atoms with Crippen LogP contribution in [0, 0.1) is 0 Å². The van der Waals surface area contributed by atoms with E-state index in [1.807, 2.05) is 30.3 Å². The minimum atomic E-state index is -3.82. The van der Waals surface area contributed by atoms with Crippen LogP contribution in [0.5, 0.6) is 0 Å². The molecule has 1 aliphatic rings. The third-order valence-electron chi connectivity index (χ3n) is 4.75. The fourth-order valence-corrected chi connectivity index (χ4v) is 4.29. The molecule has 1 fully saturated rings. The Labute approximate surface area is 185 Å². The van der Waals surface area contributed by atoms with E-state index >= 15 is 0 Å². The number of nitrogens with zero attached hydrogens (tertiary/aromatic N) is 1. The second kappa shape index (κ2) is 9.72. The van der Waals surface area contributed by atoms with Crippen LogP contribution in [0.3, 0.4) is 0 Å². The summed E-state index contributed by atoms with van der Waals surface area (Å²) in [6, 6.07) is 14.9. The van der Waals surface area contributed by atoms with Crippen LogP contribution in [0.15, 0.2) is 64.0 Å². The van der Waals surface area contributed by atoms with Gasteiger partial charge in [-0.1, -0.05) is 46.3 Å². The summed E-state index contributed by atoms with van der Waals surface area (Å²) in [6.45, 7) is -0.388. The molecule has 0 aromatic heterocycles. The Bertz CT molecular complexity index is 993. The molecule has 0 saturated heterocycles. The third-order valence-corrected chi connectivity index (χ3v) is 7.09. The van der Waals surface area contributed by atoms with Crippen LogP contribution in [-0.4, -0.2) is 50.2 Å². The van der Waals surface area contributed by atoms with Crippen LogP contribution >= 0.6 is 15.9 Å². The average molecular weight is 494 g/mol. The number of rotatable bonds is 9. The third kappa shape index (κ3) is 6.13. The van der Waals surface area contributed by atoms with Gasteiger partial charge in [-0.3, -0.25) is 9.59 Å². The summed E-state index contributed by atoms with van der Waals surface area (Å²) in [5.74, 6) is -0.793. The van der Waals surface area contributed by atoms with Gasteiger partial charge in [0, 0.05) is 24.0 Å². The molecule has 1 saturated carbocycles. The topological polar surface area (TPSA) is 95.6 Å². The van der Waals surface area contributed by atoms with E-state index in [0.717, 1.165) is 27.2 Å². The zero-order valence-electron chi connectivity index (χ0n) is 16.5. The van der Waals surface area contributed by atoms with Crippen LogP contribution in [0.2, 0.25) is 0 Å². The van der Waals surface area contributed by atoms with E-state index in [0.29, 0.717) is 6.42 Å². The van der Waals surface area contributed by atoms with Gasteiger partial charge in [-0.2, -0.15) is 4.31 Å². The number of halogens is 1. The number of nitrogens with one attached hydrogen (secondary N) is 2. The van der Waals surface area contributed by atoms with Crippen molar-refractivity contribution < 1.29 is 18.0 Å². The Balaban J connectivity index is 1.66. The van der Waals surface area contributed by atoms with Crippen molar-refractivity contribution in [2.24, 2.45) is 0 Å². The van der Waals surface area contributed by atoms with Crippen molar-refractivity contribution in [2.45, 2.75) is 36.2 Å². The van der Waals surface area contributed by atoms with Crippen molar-refractivity contribution in [2.75, 3.05) is 13.6 Å². The first-order chi connectivity index (χ1) is 14.3. The van der Waals surface area contributed by atoms with Gasteiger partial charge in [0.25, 0.3) is 0 Å². The Morgan fingerprint density at radius 1 is 1.10 bits per heavy atom. The zero-order valence-corrected chi connectivity index (χ0v) is 18.9. The zero-order chi connectivity index (χ0) is 21.7. The summed E-state index contributed by atoms with van der Waals surface area (Å²) in [6.07, 6.45) is 2.20. The molecule has 0 aliphatic heterocycles. The van der Waals surface area contributed by atoms with Crippen LogP contribution in [0.4, 0.5) is 0 Å². The SMILES string of the molecule is CN(CC(=O)NC(Cc1ccccc1)C(=O)NC1CC1)S(=O)(=O)c1ccc(Br)cc1. The van der Waals surface area contributed by atoms with Crippen molar-refractivity contribution in [1.29, 1.82) is 0 Å². The first-order valence-electron chi connectivity index (χ1n) is 9.61. The number of benzene rings is 2. The Morgan fingerprint density at radius 2 is 1.73 bits per heavy atom.